The van der Waals surface area contributed by atoms with Gasteiger partial charge < -0.3 is 10.2 Å². The van der Waals surface area contributed by atoms with E-state index >= 15 is 0 Å². The van der Waals surface area contributed by atoms with Gasteiger partial charge in [0.05, 0.1) is 5.56 Å². The Bertz CT molecular complexity index is 380. The van der Waals surface area contributed by atoms with Crippen molar-refractivity contribution in [2.75, 3.05) is 26.7 Å². The molecule has 0 aromatic carbocycles. The van der Waals surface area contributed by atoms with Gasteiger partial charge in [-0.3, -0.25) is 4.79 Å². The fraction of sp³-hybridized carbons (Fsp3) is 0.583. The molecule has 1 fully saturated rings. The molecule has 0 spiro atoms. The molecule has 1 aromatic rings. The van der Waals surface area contributed by atoms with Gasteiger partial charge in [-0.05, 0) is 43.8 Å². The zero-order valence-electron chi connectivity index (χ0n) is 10.2. The standard InChI is InChI=1S/C12H18N2OS.ClH/c1-9-7-16-8-11(9)12(15)14-4-3-10(6-14)5-13-2;/h7-8,10,13H,3-6H2,1-2H3;1H. The minimum absolute atomic E-state index is 0. The number of nitrogens with one attached hydrogen (secondary N) is 1. The van der Waals surface area contributed by atoms with E-state index in [9.17, 15) is 4.79 Å². The van der Waals surface area contributed by atoms with E-state index in [1.165, 1.54) is 0 Å². The molecule has 2 rings (SSSR count). The quantitative estimate of drug-likeness (QED) is 0.916. The van der Waals surface area contributed by atoms with Crippen molar-refractivity contribution in [1.82, 2.24) is 10.2 Å². The van der Waals surface area contributed by atoms with Gasteiger partial charge in [0.1, 0.15) is 0 Å². The summed E-state index contributed by atoms with van der Waals surface area (Å²) in [5, 5.41) is 7.18. The fourth-order valence-electron chi connectivity index (χ4n) is 2.22. The average Bonchev–Trinajstić information content (AvgIpc) is 2.87. The summed E-state index contributed by atoms with van der Waals surface area (Å²) in [5.41, 5.74) is 1.99. The highest BCUT2D eigenvalue weighted by Gasteiger charge is 2.27. The summed E-state index contributed by atoms with van der Waals surface area (Å²) in [5.74, 6) is 0.824. The van der Waals surface area contributed by atoms with Gasteiger partial charge >= 0.3 is 0 Å². The van der Waals surface area contributed by atoms with Crippen LogP contribution < -0.4 is 5.32 Å². The van der Waals surface area contributed by atoms with Crippen LogP contribution in [0, 0.1) is 12.8 Å². The number of rotatable bonds is 3. The van der Waals surface area contributed by atoms with Gasteiger partial charge in [-0.15, -0.1) is 12.4 Å². The first-order valence-electron chi connectivity index (χ1n) is 5.69. The molecule has 1 N–H and O–H groups in total. The van der Waals surface area contributed by atoms with E-state index in [4.69, 9.17) is 0 Å². The molecule has 1 atom stereocenters. The highest BCUT2D eigenvalue weighted by Crippen LogP contribution is 2.21. The molecule has 1 unspecified atom stereocenters. The molecule has 1 aliphatic heterocycles. The van der Waals surface area contributed by atoms with Gasteiger partial charge in [-0.1, -0.05) is 0 Å². The third-order valence-electron chi connectivity index (χ3n) is 3.15. The number of nitrogens with zero attached hydrogens (tertiary/aromatic N) is 1. The Morgan fingerprint density at radius 3 is 2.94 bits per heavy atom. The van der Waals surface area contributed by atoms with E-state index in [0.29, 0.717) is 5.92 Å². The lowest BCUT2D eigenvalue weighted by molar-refractivity contribution is 0.0787. The summed E-state index contributed by atoms with van der Waals surface area (Å²) in [4.78, 5) is 14.2. The zero-order valence-corrected chi connectivity index (χ0v) is 11.9. The van der Waals surface area contributed by atoms with Crippen molar-refractivity contribution < 1.29 is 4.79 Å². The van der Waals surface area contributed by atoms with Crippen LogP contribution in [0.15, 0.2) is 10.8 Å². The van der Waals surface area contributed by atoms with Gasteiger partial charge in [0, 0.05) is 18.5 Å². The highest BCUT2D eigenvalue weighted by atomic mass is 35.5. The number of thiophene rings is 1. The maximum absolute atomic E-state index is 12.2. The third kappa shape index (κ3) is 3.21. The normalized spacial score (nSPS) is 19.2. The molecule has 0 aliphatic carbocycles. The van der Waals surface area contributed by atoms with Crippen molar-refractivity contribution in [3.63, 3.8) is 0 Å². The Labute approximate surface area is 113 Å². The van der Waals surface area contributed by atoms with Crippen LogP contribution in [0.3, 0.4) is 0 Å². The minimum Gasteiger partial charge on any atom is -0.338 e. The number of carbonyl (C=O) groups excluding carboxylic acids is 1. The molecule has 1 aliphatic rings. The molecule has 1 amide bonds. The summed E-state index contributed by atoms with van der Waals surface area (Å²) in [6, 6.07) is 0. The second-order valence-electron chi connectivity index (χ2n) is 4.43. The molecule has 2 heterocycles. The van der Waals surface area contributed by atoms with Gasteiger partial charge in [0.15, 0.2) is 0 Å². The van der Waals surface area contributed by atoms with Crippen LogP contribution in [0.2, 0.25) is 0 Å². The van der Waals surface area contributed by atoms with Crippen molar-refractivity contribution in [1.29, 1.82) is 0 Å². The zero-order chi connectivity index (χ0) is 11.5. The molecule has 0 radical (unpaired) electrons. The van der Waals surface area contributed by atoms with Crippen molar-refractivity contribution in [3.05, 3.63) is 21.9 Å². The summed E-state index contributed by atoms with van der Waals surface area (Å²) >= 11 is 1.60. The van der Waals surface area contributed by atoms with E-state index in [2.05, 4.69) is 5.32 Å². The Kier molecular flexibility index (Phi) is 5.43. The number of hydrogen-bond acceptors (Lipinski definition) is 3. The Morgan fingerprint density at radius 1 is 1.59 bits per heavy atom. The summed E-state index contributed by atoms with van der Waals surface area (Å²) < 4.78 is 0. The topological polar surface area (TPSA) is 32.3 Å². The predicted molar refractivity (Wildman–Crippen MR) is 74.2 cm³/mol. The van der Waals surface area contributed by atoms with Crippen molar-refractivity contribution in [2.45, 2.75) is 13.3 Å². The predicted octanol–water partition coefficient (Wildman–Crippen LogP) is 2.16. The maximum Gasteiger partial charge on any atom is 0.254 e. The second-order valence-corrected chi connectivity index (χ2v) is 5.18. The summed E-state index contributed by atoms with van der Waals surface area (Å²) in [6.45, 7) is 4.81. The van der Waals surface area contributed by atoms with Crippen molar-refractivity contribution in [3.8, 4) is 0 Å². The molecule has 96 valence electrons. The molecule has 5 heteroatoms. The van der Waals surface area contributed by atoms with Crippen LogP contribution in [0.1, 0.15) is 22.3 Å². The molecule has 1 saturated heterocycles. The highest BCUT2D eigenvalue weighted by molar-refractivity contribution is 7.08. The number of carbonyl (C=O) groups is 1. The van der Waals surface area contributed by atoms with E-state index in [1.807, 2.05) is 29.6 Å². The fourth-order valence-corrected chi connectivity index (χ4v) is 3.04. The van der Waals surface area contributed by atoms with Crippen LogP contribution in [0.25, 0.3) is 0 Å². The first-order chi connectivity index (χ1) is 7.72. The van der Waals surface area contributed by atoms with Gasteiger partial charge in [0.2, 0.25) is 0 Å². The van der Waals surface area contributed by atoms with Crippen LogP contribution >= 0.6 is 23.7 Å². The maximum atomic E-state index is 12.2. The monoisotopic (exact) mass is 274 g/mol. The molecular formula is C12H19ClN2OS. The Morgan fingerprint density at radius 2 is 2.35 bits per heavy atom. The van der Waals surface area contributed by atoms with E-state index < -0.39 is 0 Å². The average molecular weight is 275 g/mol. The number of hydrogen-bond donors (Lipinski definition) is 1. The largest absolute Gasteiger partial charge is 0.338 e. The van der Waals surface area contributed by atoms with Crippen LogP contribution in [-0.4, -0.2) is 37.5 Å². The van der Waals surface area contributed by atoms with E-state index in [1.54, 1.807) is 11.3 Å². The lowest BCUT2D eigenvalue weighted by Crippen LogP contribution is -2.30. The van der Waals surface area contributed by atoms with Crippen molar-refractivity contribution >= 4 is 29.7 Å². The van der Waals surface area contributed by atoms with Crippen molar-refractivity contribution in [2.24, 2.45) is 5.92 Å². The number of aryl methyl sites for hydroxylation is 1. The molecule has 3 nitrogen and oxygen atoms in total. The SMILES string of the molecule is CNCC1CCN(C(=O)c2cscc2C)C1.Cl. The summed E-state index contributed by atoms with van der Waals surface area (Å²) in [7, 11) is 1.97. The molecule has 1 aromatic heterocycles. The lowest BCUT2D eigenvalue weighted by Gasteiger charge is -2.16. The smallest absolute Gasteiger partial charge is 0.254 e. The molecule has 0 saturated carbocycles. The second kappa shape index (κ2) is 6.38. The van der Waals surface area contributed by atoms with Crippen LogP contribution in [0.4, 0.5) is 0 Å². The van der Waals surface area contributed by atoms with Gasteiger partial charge in [0.25, 0.3) is 5.91 Å². The summed E-state index contributed by atoms with van der Waals surface area (Å²) in [6.07, 6.45) is 1.12. The number of amides is 1. The first kappa shape index (κ1) is 14.5. The third-order valence-corrected chi connectivity index (χ3v) is 4.01. The van der Waals surface area contributed by atoms with Gasteiger partial charge in [-0.2, -0.15) is 11.3 Å². The lowest BCUT2D eigenvalue weighted by atomic mass is 10.1. The van der Waals surface area contributed by atoms with Crippen LogP contribution in [-0.2, 0) is 0 Å². The van der Waals surface area contributed by atoms with E-state index in [-0.39, 0.29) is 18.3 Å². The molecule has 0 bridgehead atoms. The first-order valence-corrected chi connectivity index (χ1v) is 6.63. The Balaban J connectivity index is 0.00000144. The Hall–Kier alpha value is -0.580. The van der Waals surface area contributed by atoms with E-state index in [0.717, 1.165) is 37.2 Å². The minimum atomic E-state index is 0. The van der Waals surface area contributed by atoms with Crippen LogP contribution in [0.5, 0.6) is 0 Å². The number of likely N-dealkylation sites (tertiary alicyclic amines) is 1. The molecular weight excluding hydrogens is 256 g/mol. The number of halogens is 1. The molecule has 17 heavy (non-hydrogen) atoms. The van der Waals surface area contributed by atoms with Gasteiger partial charge in [-0.25, -0.2) is 0 Å².